The molecule has 0 saturated carbocycles. The minimum absolute atomic E-state index is 0.0195. The Labute approximate surface area is 138 Å². The molecule has 5 heteroatoms. The van der Waals surface area contributed by atoms with Crippen LogP contribution in [0.5, 0.6) is 0 Å². The summed E-state index contributed by atoms with van der Waals surface area (Å²) in [6.07, 6.45) is 6.31. The van der Waals surface area contributed by atoms with Crippen molar-refractivity contribution in [3.05, 3.63) is 48.5 Å². The van der Waals surface area contributed by atoms with Gasteiger partial charge < -0.3 is 14.8 Å². The van der Waals surface area contributed by atoms with Crippen molar-refractivity contribution >= 4 is 5.91 Å². The molecular formula is C18H26N4O. The summed E-state index contributed by atoms with van der Waals surface area (Å²) in [7, 11) is 0. The SMILES string of the molecule is CCN(CC)C(C)CCNC(=O)c1ccc(-n2ccnc2)cc1. The molecule has 1 N–H and O–H groups in total. The lowest BCUT2D eigenvalue weighted by molar-refractivity contribution is 0.0949. The fraction of sp³-hybridized carbons (Fsp3) is 0.444. The number of amides is 1. The quantitative estimate of drug-likeness (QED) is 0.815. The van der Waals surface area contributed by atoms with Gasteiger partial charge in [-0.05, 0) is 50.7 Å². The summed E-state index contributed by atoms with van der Waals surface area (Å²) in [6, 6.07) is 8.02. The number of aromatic nitrogens is 2. The van der Waals surface area contributed by atoms with E-state index in [-0.39, 0.29) is 5.91 Å². The first-order valence-electron chi connectivity index (χ1n) is 8.26. The highest BCUT2D eigenvalue weighted by molar-refractivity contribution is 5.94. The molecule has 0 aliphatic heterocycles. The van der Waals surface area contributed by atoms with E-state index >= 15 is 0 Å². The molecular weight excluding hydrogens is 288 g/mol. The van der Waals surface area contributed by atoms with Gasteiger partial charge in [0.25, 0.3) is 5.91 Å². The van der Waals surface area contributed by atoms with Crippen LogP contribution in [0.1, 0.15) is 37.6 Å². The number of imidazole rings is 1. The lowest BCUT2D eigenvalue weighted by atomic mass is 10.1. The van der Waals surface area contributed by atoms with Gasteiger partial charge in [-0.15, -0.1) is 0 Å². The number of nitrogens with one attached hydrogen (secondary N) is 1. The van der Waals surface area contributed by atoms with Crippen LogP contribution in [0.4, 0.5) is 0 Å². The third-order valence-corrected chi connectivity index (χ3v) is 4.22. The maximum absolute atomic E-state index is 12.2. The van der Waals surface area contributed by atoms with Crippen LogP contribution in [0.25, 0.3) is 5.69 Å². The molecule has 2 aromatic rings. The molecule has 0 spiro atoms. The largest absolute Gasteiger partial charge is 0.352 e. The van der Waals surface area contributed by atoms with Crippen LogP contribution in [0.15, 0.2) is 43.0 Å². The first-order chi connectivity index (χ1) is 11.2. The summed E-state index contributed by atoms with van der Waals surface area (Å²) >= 11 is 0. The summed E-state index contributed by atoms with van der Waals surface area (Å²) in [5.41, 5.74) is 1.68. The van der Waals surface area contributed by atoms with E-state index in [2.05, 4.69) is 36.0 Å². The van der Waals surface area contributed by atoms with Gasteiger partial charge in [0.2, 0.25) is 0 Å². The minimum Gasteiger partial charge on any atom is -0.352 e. The number of rotatable bonds is 8. The monoisotopic (exact) mass is 314 g/mol. The Bertz CT molecular complexity index is 588. The van der Waals surface area contributed by atoms with Gasteiger partial charge in [0.05, 0.1) is 6.33 Å². The molecule has 0 saturated heterocycles. The van der Waals surface area contributed by atoms with Crippen molar-refractivity contribution in [2.45, 2.75) is 33.2 Å². The van der Waals surface area contributed by atoms with Crippen LogP contribution >= 0.6 is 0 Å². The van der Waals surface area contributed by atoms with Crippen LogP contribution in [-0.4, -0.2) is 46.0 Å². The Balaban J connectivity index is 1.84. The number of carbonyl (C=O) groups excluding carboxylic acids is 1. The van der Waals surface area contributed by atoms with Crippen molar-refractivity contribution in [3.8, 4) is 5.69 Å². The lowest BCUT2D eigenvalue weighted by Crippen LogP contribution is -2.36. The van der Waals surface area contributed by atoms with Crippen LogP contribution < -0.4 is 5.32 Å². The van der Waals surface area contributed by atoms with E-state index in [0.717, 1.165) is 25.2 Å². The summed E-state index contributed by atoms with van der Waals surface area (Å²) in [5, 5.41) is 3.00. The van der Waals surface area contributed by atoms with Crippen LogP contribution in [0, 0.1) is 0 Å². The molecule has 1 aromatic carbocycles. The van der Waals surface area contributed by atoms with Crippen molar-refractivity contribution in [2.75, 3.05) is 19.6 Å². The number of benzene rings is 1. The summed E-state index contributed by atoms with van der Waals surface area (Å²) < 4.78 is 1.91. The van der Waals surface area contributed by atoms with Gasteiger partial charge in [-0.1, -0.05) is 13.8 Å². The van der Waals surface area contributed by atoms with Gasteiger partial charge in [-0.25, -0.2) is 4.98 Å². The van der Waals surface area contributed by atoms with E-state index in [1.165, 1.54) is 0 Å². The molecule has 1 unspecified atom stereocenters. The summed E-state index contributed by atoms with van der Waals surface area (Å²) in [6.45, 7) is 9.32. The predicted octanol–water partition coefficient (Wildman–Crippen LogP) is 2.72. The smallest absolute Gasteiger partial charge is 0.251 e. The molecule has 1 atom stereocenters. The Kier molecular flexibility index (Phi) is 6.35. The second-order valence-corrected chi connectivity index (χ2v) is 5.63. The molecule has 0 radical (unpaired) electrons. The molecule has 5 nitrogen and oxygen atoms in total. The highest BCUT2D eigenvalue weighted by Gasteiger charge is 2.11. The minimum atomic E-state index is -0.0195. The van der Waals surface area contributed by atoms with Crippen molar-refractivity contribution in [1.82, 2.24) is 19.8 Å². The molecule has 124 valence electrons. The van der Waals surface area contributed by atoms with Gasteiger partial charge in [0.15, 0.2) is 0 Å². The van der Waals surface area contributed by atoms with E-state index < -0.39 is 0 Å². The van der Waals surface area contributed by atoms with Crippen LogP contribution in [0.3, 0.4) is 0 Å². The fourth-order valence-corrected chi connectivity index (χ4v) is 2.72. The first kappa shape index (κ1) is 17.2. The Morgan fingerprint density at radius 2 is 1.96 bits per heavy atom. The normalized spacial score (nSPS) is 12.3. The lowest BCUT2D eigenvalue weighted by Gasteiger charge is -2.26. The molecule has 0 fully saturated rings. The Morgan fingerprint density at radius 1 is 1.26 bits per heavy atom. The third kappa shape index (κ3) is 4.66. The zero-order chi connectivity index (χ0) is 16.7. The van der Waals surface area contributed by atoms with E-state index in [0.29, 0.717) is 18.2 Å². The average molecular weight is 314 g/mol. The maximum atomic E-state index is 12.2. The van der Waals surface area contributed by atoms with Gasteiger partial charge >= 0.3 is 0 Å². The van der Waals surface area contributed by atoms with Crippen molar-refractivity contribution in [1.29, 1.82) is 0 Å². The van der Waals surface area contributed by atoms with Gasteiger partial charge in [0.1, 0.15) is 0 Å². The molecule has 1 amide bonds. The zero-order valence-electron chi connectivity index (χ0n) is 14.2. The molecule has 0 aliphatic rings. The number of hydrogen-bond acceptors (Lipinski definition) is 3. The van der Waals surface area contributed by atoms with Gasteiger partial charge in [-0.2, -0.15) is 0 Å². The van der Waals surface area contributed by atoms with Crippen LogP contribution in [-0.2, 0) is 0 Å². The number of nitrogens with zero attached hydrogens (tertiary/aromatic N) is 3. The van der Waals surface area contributed by atoms with E-state index in [1.54, 1.807) is 12.5 Å². The second-order valence-electron chi connectivity index (χ2n) is 5.63. The molecule has 0 bridgehead atoms. The summed E-state index contributed by atoms with van der Waals surface area (Å²) in [5.74, 6) is -0.0195. The summed E-state index contributed by atoms with van der Waals surface area (Å²) in [4.78, 5) is 18.6. The number of carbonyl (C=O) groups is 1. The predicted molar refractivity (Wildman–Crippen MR) is 92.9 cm³/mol. The van der Waals surface area contributed by atoms with E-state index in [9.17, 15) is 4.79 Å². The molecule has 0 aliphatic carbocycles. The van der Waals surface area contributed by atoms with Crippen molar-refractivity contribution in [2.24, 2.45) is 0 Å². The molecule has 23 heavy (non-hydrogen) atoms. The Hall–Kier alpha value is -2.14. The van der Waals surface area contributed by atoms with Gasteiger partial charge in [-0.3, -0.25) is 4.79 Å². The van der Waals surface area contributed by atoms with Crippen molar-refractivity contribution in [3.63, 3.8) is 0 Å². The highest BCUT2D eigenvalue weighted by Crippen LogP contribution is 2.09. The van der Waals surface area contributed by atoms with Crippen molar-refractivity contribution < 1.29 is 4.79 Å². The molecule has 2 rings (SSSR count). The van der Waals surface area contributed by atoms with E-state index in [4.69, 9.17) is 0 Å². The van der Waals surface area contributed by atoms with Gasteiger partial charge in [0, 0.05) is 36.2 Å². The standard InChI is InChI=1S/C18H26N4O/c1-4-21(5-2)15(3)10-11-20-18(23)16-6-8-17(9-7-16)22-13-12-19-14-22/h6-9,12-15H,4-5,10-11H2,1-3H3,(H,20,23). The maximum Gasteiger partial charge on any atom is 0.251 e. The van der Waals surface area contributed by atoms with E-state index in [1.807, 2.05) is 35.0 Å². The third-order valence-electron chi connectivity index (χ3n) is 4.22. The average Bonchev–Trinajstić information content (AvgIpc) is 3.10. The fourth-order valence-electron chi connectivity index (χ4n) is 2.72. The zero-order valence-corrected chi connectivity index (χ0v) is 14.2. The molecule has 1 aromatic heterocycles. The number of hydrogen-bond donors (Lipinski definition) is 1. The topological polar surface area (TPSA) is 50.2 Å². The Morgan fingerprint density at radius 3 is 2.52 bits per heavy atom. The van der Waals surface area contributed by atoms with Crippen LogP contribution in [0.2, 0.25) is 0 Å². The molecule has 1 heterocycles. The second kappa shape index (κ2) is 8.48. The first-order valence-corrected chi connectivity index (χ1v) is 8.26. The highest BCUT2D eigenvalue weighted by atomic mass is 16.1.